The largest absolute Gasteiger partial charge is 0.480 e. The minimum atomic E-state index is -1.10. The van der Waals surface area contributed by atoms with Crippen molar-refractivity contribution < 1.29 is 24.3 Å². The number of carboxylic acid groups (broad SMARTS) is 1. The van der Waals surface area contributed by atoms with Crippen LogP contribution in [0.2, 0.25) is 0 Å². The number of aliphatic imine (C=N–C) groups is 1. The maximum absolute atomic E-state index is 12.8. The van der Waals surface area contributed by atoms with E-state index >= 15 is 0 Å². The lowest BCUT2D eigenvalue weighted by Gasteiger charge is -2.42. The van der Waals surface area contributed by atoms with Crippen molar-refractivity contribution in [3.8, 4) is 0 Å². The molecule has 11 heteroatoms. The summed E-state index contributed by atoms with van der Waals surface area (Å²) in [4.78, 5) is 55.5. The zero-order chi connectivity index (χ0) is 23.1. The van der Waals surface area contributed by atoms with Crippen LogP contribution in [-0.2, 0) is 14.4 Å². The zero-order valence-electron chi connectivity index (χ0n) is 17.6. The predicted octanol–water partition coefficient (Wildman–Crippen LogP) is -0.509. The standard InChI is InChI=1S/C20H28N6O5/c1-3-12(2)17-19(31)25(11-16(28)29)8-9-26(17)15(27)10-23-18(30)13-4-6-14(7-5-13)24-20(21)22/h4-7,12,17H,3,8-11H2,1-2H3,(H,23,30)(H,28,29)(H4,21,22,24). The number of benzene rings is 1. The van der Waals surface area contributed by atoms with Gasteiger partial charge in [0.25, 0.3) is 5.91 Å². The van der Waals surface area contributed by atoms with Crippen LogP contribution in [-0.4, -0.2) is 76.8 Å². The first kappa shape index (κ1) is 23.6. The number of nitrogens with one attached hydrogen (secondary N) is 1. The number of carboxylic acids is 1. The number of nitrogens with zero attached hydrogens (tertiary/aromatic N) is 3. The highest BCUT2D eigenvalue weighted by atomic mass is 16.4. The lowest BCUT2D eigenvalue weighted by Crippen LogP contribution is -2.62. The number of amides is 3. The van der Waals surface area contributed by atoms with E-state index in [9.17, 15) is 19.2 Å². The molecule has 3 amide bonds. The van der Waals surface area contributed by atoms with E-state index in [2.05, 4.69) is 10.3 Å². The molecule has 31 heavy (non-hydrogen) atoms. The quantitative estimate of drug-likeness (QED) is 0.316. The van der Waals surface area contributed by atoms with Gasteiger partial charge in [-0.05, 0) is 30.2 Å². The molecule has 1 aliphatic heterocycles. The lowest BCUT2D eigenvalue weighted by molar-refractivity contribution is -0.157. The van der Waals surface area contributed by atoms with E-state index in [1.165, 1.54) is 21.9 Å². The Morgan fingerprint density at radius 1 is 1.23 bits per heavy atom. The normalized spacial score (nSPS) is 17.1. The average Bonchev–Trinajstić information content (AvgIpc) is 2.72. The SMILES string of the molecule is CCC(C)C1C(=O)N(CC(=O)O)CCN1C(=O)CNC(=O)c1ccc(N=C(N)N)cc1. The molecule has 168 valence electrons. The van der Waals surface area contributed by atoms with Crippen molar-refractivity contribution in [1.29, 1.82) is 0 Å². The molecule has 0 aromatic heterocycles. The Morgan fingerprint density at radius 3 is 2.42 bits per heavy atom. The van der Waals surface area contributed by atoms with Gasteiger partial charge in [0.1, 0.15) is 12.6 Å². The van der Waals surface area contributed by atoms with Gasteiger partial charge >= 0.3 is 5.97 Å². The maximum atomic E-state index is 12.8. The number of guanidine groups is 1. The Labute approximate surface area is 180 Å². The van der Waals surface area contributed by atoms with Gasteiger partial charge in [-0.25, -0.2) is 4.99 Å². The van der Waals surface area contributed by atoms with Crippen molar-refractivity contribution in [3.63, 3.8) is 0 Å². The third kappa shape index (κ3) is 6.17. The summed E-state index contributed by atoms with van der Waals surface area (Å²) >= 11 is 0. The van der Waals surface area contributed by atoms with Gasteiger partial charge in [0.05, 0.1) is 12.2 Å². The fourth-order valence-electron chi connectivity index (χ4n) is 3.37. The summed E-state index contributed by atoms with van der Waals surface area (Å²) in [5.41, 5.74) is 11.4. The molecule has 2 rings (SSSR count). The van der Waals surface area contributed by atoms with E-state index < -0.39 is 36.3 Å². The first-order valence-corrected chi connectivity index (χ1v) is 9.92. The smallest absolute Gasteiger partial charge is 0.323 e. The van der Waals surface area contributed by atoms with E-state index in [4.69, 9.17) is 16.6 Å². The molecule has 2 atom stereocenters. The molecule has 1 aromatic rings. The summed E-state index contributed by atoms with van der Waals surface area (Å²) in [6.07, 6.45) is 0.635. The molecule has 2 unspecified atom stereocenters. The number of carbonyl (C=O) groups is 4. The zero-order valence-corrected chi connectivity index (χ0v) is 17.6. The van der Waals surface area contributed by atoms with E-state index in [0.717, 1.165) is 0 Å². The van der Waals surface area contributed by atoms with Crippen LogP contribution in [0.25, 0.3) is 0 Å². The van der Waals surface area contributed by atoms with Crippen LogP contribution in [0.5, 0.6) is 0 Å². The van der Waals surface area contributed by atoms with Crippen molar-refractivity contribution in [2.45, 2.75) is 26.3 Å². The first-order chi connectivity index (χ1) is 14.6. The number of hydrogen-bond acceptors (Lipinski definition) is 5. The summed E-state index contributed by atoms with van der Waals surface area (Å²) in [7, 11) is 0. The molecule has 0 spiro atoms. The number of aliphatic carboxylic acids is 1. The summed E-state index contributed by atoms with van der Waals surface area (Å²) in [6, 6.07) is 5.42. The van der Waals surface area contributed by atoms with Crippen LogP contribution in [0.15, 0.2) is 29.3 Å². The second-order valence-electron chi connectivity index (χ2n) is 7.34. The van der Waals surface area contributed by atoms with Gasteiger partial charge in [0.15, 0.2) is 5.96 Å². The lowest BCUT2D eigenvalue weighted by atomic mass is 9.94. The summed E-state index contributed by atoms with van der Waals surface area (Å²) in [5, 5.41) is 11.6. The van der Waals surface area contributed by atoms with Crippen LogP contribution in [0.3, 0.4) is 0 Å². The molecule has 0 radical (unpaired) electrons. The minimum absolute atomic E-state index is 0.100. The van der Waals surface area contributed by atoms with Gasteiger partial charge < -0.3 is 31.7 Å². The van der Waals surface area contributed by atoms with Gasteiger partial charge in [-0.15, -0.1) is 0 Å². The predicted molar refractivity (Wildman–Crippen MR) is 113 cm³/mol. The number of rotatable bonds is 8. The number of piperazine rings is 1. The minimum Gasteiger partial charge on any atom is -0.480 e. The molecule has 11 nitrogen and oxygen atoms in total. The van der Waals surface area contributed by atoms with Crippen LogP contribution < -0.4 is 16.8 Å². The van der Waals surface area contributed by atoms with E-state index in [1.54, 1.807) is 12.1 Å². The van der Waals surface area contributed by atoms with Gasteiger partial charge in [-0.3, -0.25) is 19.2 Å². The molecule has 1 aliphatic rings. The molecule has 0 aliphatic carbocycles. The average molecular weight is 432 g/mol. The highest BCUT2D eigenvalue weighted by Crippen LogP contribution is 2.21. The monoisotopic (exact) mass is 432 g/mol. The fraction of sp³-hybridized carbons (Fsp3) is 0.450. The topological polar surface area (TPSA) is 171 Å². The van der Waals surface area contributed by atoms with E-state index in [1.807, 2.05) is 13.8 Å². The van der Waals surface area contributed by atoms with Crippen molar-refractivity contribution in [2.75, 3.05) is 26.2 Å². The Hall–Kier alpha value is -3.63. The van der Waals surface area contributed by atoms with Crippen molar-refractivity contribution >= 4 is 35.3 Å². The van der Waals surface area contributed by atoms with Gasteiger partial charge in [-0.2, -0.15) is 0 Å². The second-order valence-corrected chi connectivity index (χ2v) is 7.34. The van der Waals surface area contributed by atoms with E-state index in [-0.39, 0.29) is 31.5 Å². The van der Waals surface area contributed by atoms with Crippen LogP contribution in [0, 0.1) is 5.92 Å². The third-order valence-corrected chi connectivity index (χ3v) is 5.13. The van der Waals surface area contributed by atoms with Crippen molar-refractivity contribution in [1.82, 2.24) is 15.1 Å². The van der Waals surface area contributed by atoms with Crippen molar-refractivity contribution in [3.05, 3.63) is 29.8 Å². The van der Waals surface area contributed by atoms with Gasteiger partial charge in [-0.1, -0.05) is 20.3 Å². The molecule has 1 saturated heterocycles. The van der Waals surface area contributed by atoms with E-state index in [0.29, 0.717) is 17.7 Å². The molecule has 1 fully saturated rings. The Balaban J connectivity index is 2.04. The number of hydrogen-bond donors (Lipinski definition) is 4. The highest BCUT2D eigenvalue weighted by molar-refractivity contribution is 5.98. The van der Waals surface area contributed by atoms with Gasteiger partial charge in [0, 0.05) is 18.7 Å². The maximum Gasteiger partial charge on any atom is 0.323 e. The molecule has 0 saturated carbocycles. The Bertz CT molecular complexity index is 865. The molecule has 1 aromatic carbocycles. The molecule has 1 heterocycles. The fourth-order valence-corrected chi connectivity index (χ4v) is 3.37. The molecular weight excluding hydrogens is 404 g/mol. The number of carbonyl (C=O) groups excluding carboxylic acids is 3. The van der Waals surface area contributed by atoms with Crippen molar-refractivity contribution in [2.24, 2.45) is 22.4 Å². The van der Waals surface area contributed by atoms with Gasteiger partial charge in [0.2, 0.25) is 11.8 Å². The second kappa shape index (κ2) is 10.4. The third-order valence-electron chi connectivity index (χ3n) is 5.13. The number of nitrogens with two attached hydrogens (primary N) is 2. The van der Waals surface area contributed by atoms with Crippen LogP contribution in [0.1, 0.15) is 30.6 Å². The Kier molecular flexibility index (Phi) is 7.94. The highest BCUT2D eigenvalue weighted by Gasteiger charge is 2.40. The molecule has 0 bridgehead atoms. The summed E-state index contributed by atoms with van der Waals surface area (Å²) in [6.45, 7) is 3.38. The molecular formula is C20H28N6O5. The Morgan fingerprint density at radius 2 is 1.87 bits per heavy atom. The van der Waals surface area contributed by atoms with Crippen LogP contribution in [0.4, 0.5) is 5.69 Å². The molecule has 6 N–H and O–H groups in total. The first-order valence-electron chi connectivity index (χ1n) is 9.92. The summed E-state index contributed by atoms with van der Waals surface area (Å²) < 4.78 is 0. The van der Waals surface area contributed by atoms with Crippen LogP contribution >= 0.6 is 0 Å². The summed E-state index contributed by atoms with van der Waals surface area (Å²) in [5.74, 6) is -2.62.